The largest absolute Gasteiger partial charge is 0.444 e. The number of nitrogens with one attached hydrogen (secondary N) is 2. The number of rotatable bonds is 7. The molecule has 1 aromatic carbocycles. The normalized spacial score (nSPS) is 11.0. The number of hydrogen-bond acceptors (Lipinski definition) is 3. The van der Waals surface area contributed by atoms with Crippen LogP contribution in [-0.4, -0.2) is 30.7 Å². The van der Waals surface area contributed by atoms with E-state index in [4.69, 9.17) is 4.74 Å². The van der Waals surface area contributed by atoms with E-state index in [1.165, 1.54) is 0 Å². The van der Waals surface area contributed by atoms with Crippen molar-refractivity contribution in [2.45, 2.75) is 45.6 Å². The second-order valence-electron chi connectivity index (χ2n) is 6.40. The van der Waals surface area contributed by atoms with Crippen LogP contribution in [0.2, 0.25) is 0 Å². The molecule has 127 valence electrons. The van der Waals surface area contributed by atoms with Crippen LogP contribution in [0.5, 0.6) is 0 Å². The molecule has 0 aliphatic carbocycles. The van der Waals surface area contributed by atoms with Crippen molar-refractivity contribution in [1.82, 2.24) is 10.6 Å². The minimum absolute atomic E-state index is 0.00511. The Bertz CT molecular complexity index is 521. The highest BCUT2D eigenvalue weighted by molar-refractivity contribution is 5.76. The Balaban J connectivity index is 2.11. The molecular formula is C18H27N2O3. The first-order valence-corrected chi connectivity index (χ1v) is 7.91. The highest BCUT2D eigenvalue weighted by atomic mass is 16.6. The smallest absolute Gasteiger partial charge is 0.407 e. The number of alkyl carbamates (subject to hydrolysis) is 1. The van der Waals surface area contributed by atoms with E-state index < -0.39 is 11.7 Å². The lowest BCUT2D eigenvalue weighted by molar-refractivity contribution is -0.121. The lowest BCUT2D eigenvalue weighted by Gasteiger charge is -2.19. The van der Waals surface area contributed by atoms with Crippen molar-refractivity contribution in [2.75, 3.05) is 13.1 Å². The van der Waals surface area contributed by atoms with E-state index in [2.05, 4.69) is 17.6 Å². The van der Waals surface area contributed by atoms with Crippen LogP contribution in [0, 0.1) is 6.92 Å². The van der Waals surface area contributed by atoms with E-state index in [0.29, 0.717) is 32.4 Å². The molecule has 0 fully saturated rings. The zero-order valence-corrected chi connectivity index (χ0v) is 14.3. The van der Waals surface area contributed by atoms with Gasteiger partial charge in [-0.3, -0.25) is 4.79 Å². The van der Waals surface area contributed by atoms with Crippen LogP contribution in [0.3, 0.4) is 0 Å². The quantitative estimate of drug-likeness (QED) is 0.759. The molecule has 1 radical (unpaired) electrons. The standard InChI is InChI=1S/C18H27N2O3/c1-14-8-5-6-9-15(14)10-11-16(21)19-12-7-13-20-17(22)23-18(2,3)4/h5-6,8-9H,1,7,10-13H2,2-4H3,(H,19,21)(H,20,22). The van der Waals surface area contributed by atoms with E-state index in [0.717, 1.165) is 11.1 Å². The van der Waals surface area contributed by atoms with Crippen LogP contribution in [0.25, 0.3) is 0 Å². The van der Waals surface area contributed by atoms with E-state index in [9.17, 15) is 9.59 Å². The Morgan fingerprint density at radius 2 is 1.78 bits per heavy atom. The summed E-state index contributed by atoms with van der Waals surface area (Å²) in [6, 6.07) is 7.81. The second kappa shape index (κ2) is 9.18. The first kappa shape index (κ1) is 19.0. The van der Waals surface area contributed by atoms with Gasteiger partial charge in [0.25, 0.3) is 0 Å². The fraction of sp³-hybridized carbons (Fsp3) is 0.500. The van der Waals surface area contributed by atoms with Gasteiger partial charge in [-0.15, -0.1) is 0 Å². The number of hydrogen-bond donors (Lipinski definition) is 2. The Hall–Kier alpha value is -2.04. The van der Waals surface area contributed by atoms with E-state index >= 15 is 0 Å². The van der Waals surface area contributed by atoms with Gasteiger partial charge in [-0.25, -0.2) is 4.79 Å². The molecule has 0 aliphatic rings. The number of carbonyl (C=O) groups excluding carboxylic acids is 2. The SMILES string of the molecule is [CH2]c1ccccc1CCC(=O)NCCCNC(=O)OC(C)(C)C. The van der Waals surface area contributed by atoms with Crippen LogP contribution in [0.15, 0.2) is 24.3 Å². The topological polar surface area (TPSA) is 67.4 Å². The van der Waals surface area contributed by atoms with Gasteiger partial charge in [0.2, 0.25) is 5.91 Å². The predicted octanol–water partition coefficient (Wildman–Crippen LogP) is 2.83. The molecule has 1 rings (SSSR count). The maximum Gasteiger partial charge on any atom is 0.407 e. The monoisotopic (exact) mass is 319 g/mol. The van der Waals surface area contributed by atoms with Gasteiger partial charge in [0.1, 0.15) is 5.60 Å². The first-order valence-electron chi connectivity index (χ1n) is 7.91. The number of amides is 2. The van der Waals surface area contributed by atoms with Crippen LogP contribution >= 0.6 is 0 Å². The summed E-state index contributed by atoms with van der Waals surface area (Å²) in [6.07, 6.45) is 1.35. The van der Waals surface area contributed by atoms with E-state index in [-0.39, 0.29) is 5.91 Å². The molecule has 0 saturated heterocycles. The van der Waals surface area contributed by atoms with Gasteiger partial charge in [-0.2, -0.15) is 0 Å². The van der Waals surface area contributed by atoms with Gasteiger partial charge in [0.05, 0.1) is 0 Å². The summed E-state index contributed by atoms with van der Waals surface area (Å²) in [7, 11) is 0. The Labute approximate surface area is 138 Å². The summed E-state index contributed by atoms with van der Waals surface area (Å²) in [5.74, 6) is 0.00511. The molecule has 0 heterocycles. The van der Waals surface area contributed by atoms with Gasteiger partial charge >= 0.3 is 6.09 Å². The molecule has 5 nitrogen and oxygen atoms in total. The van der Waals surface area contributed by atoms with Crippen LogP contribution in [0.1, 0.15) is 44.7 Å². The molecule has 0 bridgehead atoms. The molecule has 0 unspecified atom stereocenters. The van der Waals surface area contributed by atoms with Crippen LogP contribution < -0.4 is 10.6 Å². The Kier molecular flexibility index (Phi) is 7.59. The highest BCUT2D eigenvalue weighted by Gasteiger charge is 2.15. The van der Waals surface area contributed by atoms with Crippen LogP contribution in [-0.2, 0) is 16.0 Å². The van der Waals surface area contributed by atoms with Crippen LogP contribution in [0.4, 0.5) is 4.79 Å². The number of aryl methyl sites for hydroxylation is 1. The maximum absolute atomic E-state index is 11.8. The Morgan fingerprint density at radius 1 is 1.13 bits per heavy atom. The molecule has 23 heavy (non-hydrogen) atoms. The lowest BCUT2D eigenvalue weighted by Crippen LogP contribution is -2.34. The molecule has 0 aliphatic heterocycles. The second-order valence-corrected chi connectivity index (χ2v) is 6.40. The van der Waals surface area contributed by atoms with Gasteiger partial charge in [-0.05, 0) is 51.7 Å². The third kappa shape index (κ3) is 8.86. The number of ether oxygens (including phenoxy) is 1. The zero-order chi connectivity index (χ0) is 17.3. The highest BCUT2D eigenvalue weighted by Crippen LogP contribution is 2.09. The molecule has 0 spiro atoms. The number of carbonyl (C=O) groups is 2. The molecule has 1 aromatic rings. The summed E-state index contributed by atoms with van der Waals surface area (Å²) >= 11 is 0. The van der Waals surface area contributed by atoms with Gasteiger partial charge in [0.15, 0.2) is 0 Å². The van der Waals surface area contributed by atoms with E-state index in [1.807, 2.05) is 45.0 Å². The molecular weight excluding hydrogens is 292 g/mol. The lowest BCUT2D eigenvalue weighted by atomic mass is 10.0. The van der Waals surface area contributed by atoms with Gasteiger partial charge in [-0.1, -0.05) is 24.3 Å². The zero-order valence-electron chi connectivity index (χ0n) is 14.3. The van der Waals surface area contributed by atoms with Crippen molar-refractivity contribution < 1.29 is 14.3 Å². The maximum atomic E-state index is 11.8. The summed E-state index contributed by atoms with van der Waals surface area (Å²) in [6.45, 7) is 10.4. The summed E-state index contributed by atoms with van der Waals surface area (Å²) in [5, 5.41) is 5.50. The summed E-state index contributed by atoms with van der Waals surface area (Å²) < 4.78 is 5.12. The van der Waals surface area contributed by atoms with Crippen molar-refractivity contribution >= 4 is 12.0 Å². The van der Waals surface area contributed by atoms with Crippen molar-refractivity contribution in [1.29, 1.82) is 0 Å². The van der Waals surface area contributed by atoms with E-state index in [1.54, 1.807) is 0 Å². The average Bonchev–Trinajstić information content (AvgIpc) is 2.44. The molecule has 2 amide bonds. The predicted molar refractivity (Wildman–Crippen MR) is 91.1 cm³/mol. The average molecular weight is 319 g/mol. The fourth-order valence-corrected chi connectivity index (χ4v) is 1.96. The third-order valence-electron chi connectivity index (χ3n) is 3.08. The molecule has 0 atom stereocenters. The Morgan fingerprint density at radius 3 is 2.43 bits per heavy atom. The van der Waals surface area contributed by atoms with Gasteiger partial charge in [0, 0.05) is 19.5 Å². The van der Waals surface area contributed by atoms with Crippen molar-refractivity contribution in [3.63, 3.8) is 0 Å². The summed E-state index contributed by atoms with van der Waals surface area (Å²) in [4.78, 5) is 23.2. The first-order chi connectivity index (χ1) is 10.8. The molecule has 2 N–H and O–H groups in total. The molecule has 5 heteroatoms. The molecule has 0 saturated carbocycles. The van der Waals surface area contributed by atoms with Gasteiger partial charge < -0.3 is 15.4 Å². The summed E-state index contributed by atoms with van der Waals surface area (Å²) in [5.41, 5.74) is 1.55. The molecule has 0 aromatic heterocycles. The number of benzene rings is 1. The minimum atomic E-state index is -0.497. The van der Waals surface area contributed by atoms with Crippen molar-refractivity contribution in [3.8, 4) is 0 Å². The van der Waals surface area contributed by atoms with Crippen molar-refractivity contribution in [3.05, 3.63) is 42.3 Å². The third-order valence-corrected chi connectivity index (χ3v) is 3.08. The van der Waals surface area contributed by atoms with Crippen molar-refractivity contribution in [2.24, 2.45) is 0 Å². The minimum Gasteiger partial charge on any atom is -0.444 e. The fourth-order valence-electron chi connectivity index (χ4n) is 1.96.